The number of fused-ring (bicyclic) bond motifs is 1. The molecule has 0 bridgehead atoms. The summed E-state index contributed by atoms with van der Waals surface area (Å²) >= 11 is 12.0. The molecule has 0 aromatic heterocycles. The average molecular weight is 302 g/mol. The fraction of sp³-hybridized carbons (Fsp3) is 0.333. The number of hydroxylamine groups is 2. The molecule has 0 amide bonds. The summed E-state index contributed by atoms with van der Waals surface area (Å²) in [6.45, 7) is 1.89. The summed E-state index contributed by atoms with van der Waals surface area (Å²) in [5.74, 6) is -0.369. The predicted octanol–water partition coefficient (Wildman–Crippen LogP) is 1.17. The van der Waals surface area contributed by atoms with Gasteiger partial charge in [-0.3, -0.25) is 5.73 Å². The number of nitrogens with two attached hydrogens (primary N) is 1. The lowest BCUT2D eigenvalue weighted by Gasteiger charge is -2.25. The first-order chi connectivity index (χ1) is 9.02. The molecule has 7 heteroatoms. The van der Waals surface area contributed by atoms with Crippen LogP contribution in [0.3, 0.4) is 0 Å². The Bertz CT molecular complexity index is 618. The van der Waals surface area contributed by atoms with Crippen LogP contribution in [0.15, 0.2) is 17.1 Å². The number of halogens is 2. The fourth-order valence-corrected chi connectivity index (χ4v) is 2.02. The molecule has 102 valence electrons. The lowest BCUT2D eigenvalue weighted by atomic mass is 10.2. The minimum atomic E-state index is -0.787. The normalized spacial score (nSPS) is 17.3. The molecular formula is C12H13Cl2N3O2. The molecule has 1 atom stereocenters. The minimum absolute atomic E-state index is 0.313. The molecule has 5 nitrogen and oxygen atoms in total. The first-order valence-corrected chi connectivity index (χ1v) is 6.57. The predicted molar refractivity (Wildman–Crippen MR) is 72.5 cm³/mol. The Hall–Kier alpha value is -1.30. The van der Waals surface area contributed by atoms with E-state index in [9.17, 15) is 4.79 Å². The molecule has 1 aliphatic rings. The van der Waals surface area contributed by atoms with Gasteiger partial charge >= 0.3 is 5.97 Å². The molecular weight excluding hydrogens is 289 g/mol. The Kier molecular flexibility index (Phi) is 4.29. The van der Waals surface area contributed by atoms with Gasteiger partial charge in [-0.15, -0.1) is 0 Å². The smallest absolute Gasteiger partial charge is 0.332 e. The highest BCUT2D eigenvalue weighted by atomic mass is 35.5. The van der Waals surface area contributed by atoms with E-state index in [2.05, 4.69) is 4.99 Å². The van der Waals surface area contributed by atoms with E-state index in [-0.39, 0.29) is 5.97 Å². The van der Waals surface area contributed by atoms with E-state index in [4.69, 9.17) is 33.8 Å². The summed E-state index contributed by atoms with van der Waals surface area (Å²) in [5, 5.41) is 3.14. The third-order valence-corrected chi connectivity index (χ3v) is 3.38. The molecule has 2 rings (SSSR count). The molecule has 1 aromatic rings. The minimum Gasteiger partial charge on any atom is -0.338 e. The summed E-state index contributed by atoms with van der Waals surface area (Å²) in [6, 6.07) is 3.36. The van der Waals surface area contributed by atoms with Crippen molar-refractivity contribution in [2.24, 2.45) is 10.7 Å². The van der Waals surface area contributed by atoms with Crippen molar-refractivity contribution in [3.8, 4) is 0 Å². The van der Waals surface area contributed by atoms with Crippen molar-refractivity contribution in [1.29, 1.82) is 0 Å². The molecule has 1 aromatic carbocycles. The van der Waals surface area contributed by atoms with Crippen molar-refractivity contribution in [1.82, 2.24) is 5.06 Å². The van der Waals surface area contributed by atoms with Crippen LogP contribution in [0.2, 0.25) is 10.0 Å². The highest BCUT2D eigenvalue weighted by Crippen LogP contribution is 2.16. The number of hydrogen-bond donors (Lipinski definition) is 1. The first-order valence-electron chi connectivity index (χ1n) is 5.81. The van der Waals surface area contributed by atoms with Gasteiger partial charge in [-0.25, -0.2) is 9.79 Å². The van der Waals surface area contributed by atoms with Gasteiger partial charge in [0.2, 0.25) is 6.29 Å². The molecule has 0 fully saturated rings. The van der Waals surface area contributed by atoms with E-state index in [1.54, 1.807) is 12.1 Å². The topological polar surface area (TPSA) is 67.9 Å². The summed E-state index contributed by atoms with van der Waals surface area (Å²) in [4.78, 5) is 20.8. The van der Waals surface area contributed by atoms with Crippen molar-refractivity contribution >= 4 is 35.4 Å². The highest BCUT2D eigenvalue weighted by molar-refractivity contribution is 6.42. The third kappa shape index (κ3) is 3.00. The second-order valence-electron chi connectivity index (χ2n) is 4.04. The molecule has 0 spiro atoms. The van der Waals surface area contributed by atoms with Crippen LogP contribution in [-0.2, 0) is 9.63 Å². The van der Waals surface area contributed by atoms with Crippen LogP contribution < -0.4 is 16.3 Å². The van der Waals surface area contributed by atoms with Crippen molar-refractivity contribution < 1.29 is 9.63 Å². The van der Waals surface area contributed by atoms with E-state index in [0.717, 1.165) is 0 Å². The molecule has 2 N–H and O–H groups in total. The van der Waals surface area contributed by atoms with Crippen molar-refractivity contribution in [3.63, 3.8) is 0 Å². The second kappa shape index (κ2) is 5.77. The monoisotopic (exact) mass is 301 g/mol. The van der Waals surface area contributed by atoms with Crippen LogP contribution in [0.25, 0.3) is 6.20 Å². The molecule has 0 saturated carbocycles. The molecule has 0 radical (unpaired) electrons. The molecule has 0 aliphatic carbocycles. The lowest BCUT2D eigenvalue weighted by Crippen LogP contribution is -2.47. The van der Waals surface area contributed by atoms with Gasteiger partial charge in [0.05, 0.1) is 21.6 Å². The van der Waals surface area contributed by atoms with E-state index in [1.165, 1.54) is 11.3 Å². The van der Waals surface area contributed by atoms with Gasteiger partial charge in [0.25, 0.3) is 0 Å². The summed E-state index contributed by atoms with van der Waals surface area (Å²) < 4.78 is 0. The summed E-state index contributed by atoms with van der Waals surface area (Å²) in [7, 11) is 0. The Balaban J connectivity index is 2.37. The first kappa shape index (κ1) is 14.1. The Morgan fingerprint density at radius 2 is 2.26 bits per heavy atom. The van der Waals surface area contributed by atoms with Gasteiger partial charge in [-0.05, 0) is 18.6 Å². The zero-order chi connectivity index (χ0) is 14.0. The largest absolute Gasteiger partial charge is 0.338 e. The van der Waals surface area contributed by atoms with Crippen LogP contribution in [0.1, 0.15) is 19.8 Å². The van der Waals surface area contributed by atoms with Gasteiger partial charge in [-0.1, -0.05) is 30.1 Å². The van der Waals surface area contributed by atoms with E-state index < -0.39 is 6.29 Å². The zero-order valence-corrected chi connectivity index (χ0v) is 11.8. The van der Waals surface area contributed by atoms with Gasteiger partial charge in [0.15, 0.2) is 0 Å². The molecule has 0 saturated heterocycles. The maximum absolute atomic E-state index is 11.5. The summed E-state index contributed by atoms with van der Waals surface area (Å²) in [6.07, 6.45) is 1.76. The van der Waals surface area contributed by atoms with Gasteiger partial charge in [0.1, 0.15) is 0 Å². The zero-order valence-electron chi connectivity index (χ0n) is 10.3. The second-order valence-corrected chi connectivity index (χ2v) is 4.82. The molecule has 1 unspecified atom stereocenters. The molecule has 19 heavy (non-hydrogen) atoms. The van der Waals surface area contributed by atoms with E-state index >= 15 is 0 Å². The maximum Gasteiger partial charge on any atom is 0.332 e. The number of rotatable bonds is 3. The van der Waals surface area contributed by atoms with Crippen LogP contribution in [-0.4, -0.2) is 17.3 Å². The van der Waals surface area contributed by atoms with Gasteiger partial charge in [0, 0.05) is 11.6 Å². The van der Waals surface area contributed by atoms with Crippen molar-refractivity contribution in [2.75, 3.05) is 0 Å². The van der Waals surface area contributed by atoms with Gasteiger partial charge < -0.3 is 4.84 Å². The van der Waals surface area contributed by atoms with Crippen LogP contribution >= 0.6 is 23.2 Å². The lowest BCUT2D eigenvalue weighted by molar-refractivity contribution is -0.181. The van der Waals surface area contributed by atoms with Crippen LogP contribution in [0, 0.1) is 0 Å². The average Bonchev–Trinajstić information content (AvgIpc) is 2.36. The molecule has 1 aliphatic heterocycles. The highest BCUT2D eigenvalue weighted by Gasteiger charge is 2.19. The Labute approximate surface area is 120 Å². The SMILES string of the molecule is CCCC(=O)ON1C=c2c(Cl)c(Cl)ccc2=NC1N. The van der Waals surface area contributed by atoms with Crippen molar-refractivity contribution in [3.05, 3.63) is 32.8 Å². The van der Waals surface area contributed by atoms with Crippen molar-refractivity contribution in [2.45, 2.75) is 26.1 Å². The standard InChI is InChI=1S/C12H13Cl2N3O2/c1-2-3-10(18)19-17-6-7-9(16-12(17)15)5-4-8(13)11(7)14/h4-6,12H,2-3,15H2,1H3. The van der Waals surface area contributed by atoms with Crippen LogP contribution in [0.4, 0.5) is 0 Å². The number of benzene rings is 1. The Morgan fingerprint density at radius 1 is 1.53 bits per heavy atom. The molecule has 1 heterocycles. The number of carbonyl (C=O) groups is 1. The third-order valence-electron chi connectivity index (χ3n) is 2.56. The number of carbonyl (C=O) groups excluding carboxylic acids is 1. The Morgan fingerprint density at radius 3 is 2.95 bits per heavy atom. The van der Waals surface area contributed by atoms with Gasteiger partial charge in [-0.2, -0.15) is 5.06 Å². The fourth-order valence-electron chi connectivity index (χ4n) is 1.64. The van der Waals surface area contributed by atoms with E-state index in [0.29, 0.717) is 33.5 Å². The van der Waals surface area contributed by atoms with Crippen LogP contribution in [0.5, 0.6) is 0 Å². The van der Waals surface area contributed by atoms with E-state index in [1.807, 2.05) is 6.92 Å². The summed E-state index contributed by atoms with van der Waals surface area (Å²) in [5.41, 5.74) is 5.80. The number of hydrogen-bond acceptors (Lipinski definition) is 5. The maximum atomic E-state index is 11.5. The quantitative estimate of drug-likeness (QED) is 0.910. The number of nitrogens with zero attached hydrogens (tertiary/aromatic N) is 2.